The number of para-hydroxylation sites is 1. The van der Waals surface area contributed by atoms with Crippen LogP contribution in [0.3, 0.4) is 0 Å². The van der Waals surface area contributed by atoms with E-state index in [9.17, 15) is 17.6 Å². The number of hydrogen-bond donors (Lipinski definition) is 1. The van der Waals surface area contributed by atoms with E-state index in [1.54, 1.807) is 59.9 Å². The molecule has 0 amide bonds. The Kier molecular flexibility index (Phi) is 5.18. The van der Waals surface area contributed by atoms with Gasteiger partial charge in [-0.05, 0) is 54.6 Å². The molecule has 0 atom stereocenters. The normalized spacial score (nSPS) is 13.7. The number of alkyl halides is 3. The highest BCUT2D eigenvalue weighted by Crippen LogP contribution is 2.25. The number of allylic oxidation sites excluding steroid dienone is 2. The van der Waals surface area contributed by atoms with Crippen molar-refractivity contribution >= 4 is 11.4 Å². The van der Waals surface area contributed by atoms with Crippen LogP contribution in [-0.4, -0.2) is 22.6 Å². The lowest BCUT2D eigenvalue weighted by Gasteiger charge is -2.27. The number of hydrazine groups is 1. The molecule has 154 valence electrons. The molecule has 1 aliphatic rings. The molecule has 0 spiro atoms. The molecular formula is C21H16F4N4O. The van der Waals surface area contributed by atoms with Crippen molar-refractivity contribution in [1.82, 2.24) is 15.2 Å². The van der Waals surface area contributed by atoms with Crippen LogP contribution in [-0.2, 0) is 0 Å². The van der Waals surface area contributed by atoms with Crippen LogP contribution in [0, 0.1) is 5.82 Å². The standard InChI is InChI=1S/C21H16F4N4O/c22-17-4-1-2-6-19(17)29-20(11-12-26-29)18-5-3-13-28(27-18)15-7-9-16(10-8-15)30-14-21(23,24)25/h1-13,27H,14H2. The van der Waals surface area contributed by atoms with Crippen molar-refractivity contribution in [2.24, 2.45) is 0 Å². The lowest BCUT2D eigenvalue weighted by Crippen LogP contribution is -2.34. The van der Waals surface area contributed by atoms with E-state index in [-0.39, 0.29) is 5.75 Å². The average molecular weight is 416 g/mol. The Bertz CT molecular complexity index is 1090. The van der Waals surface area contributed by atoms with E-state index in [0.29, 0.717) is 22.8 Å². The molecule has 3 aromatic rings. The smallest absolute Gasteiger partial charge is 0.422 e. The summed E-state index contributed by atoms with van der Waals surface area (Å²) in [5.74, 6) is -0.286. The van der Waals surface area contributed by atoms with Gasteiger partial charge in [-0.25, -0.2) is 9.07 Å². The van der Waals surface area contributed by atoms with Gasteiger partial charge in [0.15, 0.2) is 6.61 Å². The van der Waals surface area contributed by atoms with Gasteiger partial charge in [0, 0.05) is 6.20 Å². The fraction of sp³-hybridized carbons (Fsp3) is 0.0952. The summed E-state index contributed by atoms with van der Waals surface area (Å²) in [6.07, 6.45) is 2.53. The van der Waals surface area contributed by atoms with Gasteiger partial charge < -0.3 is 4.74 Å². The molecule has 9 heteroatoms. The molecule has 0 bridgehead atoms. The quantitative estimate of drug-likeness (QED) is 0.605. The van der Waals surface area contributed by atoms with E-state index in [0.717, 1.165) is 0 Å². The fourth-order valence-corrected chi connectivity index (χ4v) is 2.91. The highest BCUT2D eigenvalue weighted by atomic mass is 19.4. The van der Waals surface area contributed by atoms with Crippen LogP contribution in [0.4, 0.5) is 23.2 Å². The zero-order chi connectivity index (χ0) is 21.1. The number of benzene rings is 2. The number of nitrogens with zero attached hydrogens (tertiary/aromatic N) is 3. The Labute approximate surface area is 169 Å². The zero-order valence-electron chi connectivity index (χ0n) is 15.5. The minimum atomic E-state index is -4.39. The van der Waals surface area contributed by atoms with Crippen molar-refractivity contribution in [1.29, 1.82) is 0 Å². The van der Waals surface area contributed by atoms with Gasteiger partial charge in [0.25, 0.3) is 0 Å². The Balaban J connectivity index is 1.51. The molecule has 1 aliphatic heterocycles. The van der Waals surface area contributed by atoms with Crippen molar-refractivity contribution in [3.05, 3.63) is 90.7 Å². The van der Waals surface area contributed by atoms with E-state index >= 15 is 0 Å². The highest BCUT2D eigenvalue weighted by molar-refractivity contribution is 5.69. The summed E-state index contributed by atoms with van der Waals surface area (Å²) in [6, 6.07) is 14.2. The van der Waals surface area contributed by atoms with Gasteiger partial charge in [0.1, 0.15) is 17.3 Å². The Morgan fingerprint density at radius 1 is 1.00 bits per heavy atom. The molecule has 1 N–H and O–H groups in total. The van der Waals surface area contributed by atoms with Crippen molar-refractivity contribution in [3.63, 3.8) is 0 Å². The van der Waals surface area contributed by atoms with E-state index in [4.69, 9.17) is 4.74 Å². The van der Waals surface area contributed by atoms with Gasteiger partial charge in [0.05, 0.1) is 23.3 Å². The van der Waals surface area contributed by atoms with Gasteiger partial charge in [0.2, 0.25) is 0 Å². The van der Waals surface area contributed by atoms with Gasteiger partial charge in [-0.1, -0.05) is 12.1 Å². The first kappa shape index (κ1) is 19.6. The van der Waals surface area contributed by atoms with Gasteiger partial charge in [-0.2, -0.15) is 18.3 Å². The third kappa shape index (κ3) is 4.29. The molecule has 0 fully saturated rings. The lowest BCUT2D eigenvalue weighted by molar-refractivity contribution is -0.153. The molecule has 0 aliphatic carbocycles. The number of rotatable bonds is 5. The van der Waals surface area contributed by atoms with Crippen molar-refractivity contribution in [3.8, 4) is 11.4 Å². The minimum Gasteiger partial charge on any atom is -0.484 e. The second-order valence-electron chi connectivity index (χ2n) is 6.38. The Hall–Kier alpha value is -3.75. The molecule has 0 saturated carbocycles. The third-order valence-corrected chi connectivity index (χ3v) is 4.26. The predicted octanol–water partition coefficient (Wildman–Crippen LogP) is 4.83. The van der Waals surface area contributed by atoms with Crippen LogP contribution < -0.4 is 15.2 Å². The van der Waals surface area contributed by atoms with Crippen LogP contribution >= 0.6 is 0 Å². The highest BCUT2D eigenvalue weighted by Gasteiger charge is 2.28. The molecule has 5 nitrogen and oxygen atoms in total. The van der Waals surface area contributed by atoms with Crippen LogP contribution in [0.5, 0.6) is 5.75 Å². The number of anilines is 1. The van der Waals surface area contributed by atoms with E-state index in [1.165, 1.54) is 22.9 Å². The minimum absolute atomic E-state index is 0.116. The molecule has 0 radical (unpaired) electrons. The molecule has 2 aromatic carbocycles. The summed E-state index contributed by atoms with van der Waals surface area (Å²) in [5.41, 5.74) is 5.47. The maximum Gasteiger partial charge on any atom is 0.422 e. The largest absolute Gasteiger partial charge is 0.484 e. The van der Waals surface area contributed by atoms with Crippen LogP contribution in [0.15, 0.2) is 79.1 Å². The van der Waals surface area contributed by atoms with Gasteiger partial charge in [-0.3, -0.25) is 10.4 Å². The molecule has 4 rings (SSSR count). The summed E-state index contributed by atoms with van der Waals surface area (Å²) in [4.78, 5) is 0. The Morgan fingerprint density at radius 3 is 2.50 bits per heavy atom. The van der Waals surface area contributed by atoms with E-state index in [1.807, 2.05) is 6.08 Å². The topological polar surface area (TPSA) is 42.3 Å². The van der Waals surface area contributed by atoms with Crippen LogP contribution in [0.1, 0.15) is 5.69 Å². The van der Waals surface area contributed by atoms with E-state index in [2.05, 4.69) is 10.5 Å². The number of nitrogens with one attached hydrogen (secondary N) is 1. The second-order valence-corrected chi connectivity index (χ2v) is 6.38. The summed E-state index contributed by atoms with van der Waals surface area (Å²) in [6.45, 7) is -1.35. The molecule has 0 unspecified atom stereocenters. The van der Waals surface area contributed by atoms with Gasteiger partial charge >= 0.3 is 6.18 Å². The molecule has 30 heavy (non-hydrogen) atoms. The molecule has 0 saturated heterocycles. The monoisotopic (exact) mass is 416 g/mol. The number of ether oxygens (including phenoxy) is 1. The summed E-state index contributed by atoms with van der Waals surface area (Å²) in [7, 11) is 0. The van der Waals surface area contributed by atoms with Crippen LogP contribution in [0.2, 0.25) is 0 Å². The maximum atomic E-state index is 14.2. The maximum absolute atomic E-state index is 14.2. The lowest BCUT2D eigenvalue weighted by atomic mass is 10.2. The number of halogens is 4. The Morgan fingerprint density at radius 2 is 1.77 bits per heavy atom. The van der Waals surface area contributed by atoms with Crippen molar-refractivity contribution < 1.29 is 22.3 Å². The summed E-state index contributed by atoms with van der Waals surface area (Å²) >= 11 is 0. The average Bonchev–Trinajstić information content (AvgIpc) is 3.22. The first-order chi connectivity index (χ1) is 14.4. The predicted molar refractivity (Wildman–Crippen MR) is 104 cm³/mol. The second kappa shape index (κ2) is 7.94. The summed E-state index contributed by atoms with van der Waals surface area (Å²) in [5, 5.41) is 5.90. The molecule has 2 heterocycles. The van der Waals surface area contributed by atoms with Crippen LogP contribution in [0.25, 0.3) is 11.4 Å². The number of hydrogen-bond acceptors (Lipinski definition) is 4. The number of aromatic nitrogens is 2. The summed E-state index contributed by atoms with van der Waals surface area (Å²) < 4.78 is 57.3. The van der Waals surface area contributed by atoms with Gasteiger partial charge in [-0.15, -0.1) is 0 Å². The first-order valence-electron chi connectivity index (χ1n) is 8.94. The zero-order valence-corrected chi connectivity index (χ0v) is 15.5. The fourth-order valence-electron chi connectivity index (χ4n) is 2.91. The van der Waals surface area contributed by atoms with E-state index < -0.39 is 18.6 Å². The van der Waals surface area contributed by atoms with Crippen molar-refractivity contribution in [2.45, 2.75) is 6.18 Å². The SMILES string of the molecule is Fc1ccccc1-n1nccc1C1=CC=CN(c2ccc(OCC(F)(F)F)cc2)N1. The third-order valence-electron chi connectivity index (χ3n) is 4.26. The molecule has 1 aromatic heterocycles. The van der Waals surface area contributed by atoms with Crippen molar-refractivity contribution in [2.75, 3.05) is 11.6 Å². The molecular weight excluding hydrogens is 400 g/mol. The first-order valence-corrected chi connectivity index (χ1v) is 8.94.